The van der Waals surface area contributed by atoms with Gasteiger partial charge in [-0.25, -0.2) is 4.39 Å². The summed E-state index contributed by atoms with van der Waals surface area (Å²) in [5.74, 6) is 0.451. The van der Waals surface area contributed by atoms with Crippen LogP contribution in [0.5, 0.6) is 0 Å². The maximum Gasteiger partial charge on any atom is 0.135 e. The number of furan rings is 1. The van der Waals surface area contributed by atoms with Crippen LogP contribution in [0.15, 0.2) is 46.9 Å². The summed E-state index contributed by atoms with van der Waals surface area (Å²) >= 11 is 0. The van der Waals surface area contributed by atoms with E-state index in [9.17, 15) is 4.39 Å². The molecule has 0 saturated heterocycles. The van der Waals surface area contributed by atoms with E-state index in [4.69, 9.17) is 4.42 Å². The SMILES string of the molecule is CNCc1ccc(F)cc1-c1cc2cc(C)ccc2o1. The summed E-state index contributed by atoms with van der Waals surface area (Å²) in [4.78, 5) is 0. The highest BCUT2D eigenvalue weighted by atomic mass is 19.1. The molecular formula is C17H16FNO. The van der Waals surface area contributed by atoms with Gasteiger partial charge in [-0.3, -0.25) is 0 Å². The second-order valence-corrected chi connectivity index (χ2v) is 4.98. The van der Waals surface area contributed by atoms with Crippen molar-refractivity contribution in [1.82, 2.24) is 5.32 Å². The number of aryl methyl sites for hydroxylation is 1. The first-order valence-electron chi connectivity index (χ1n) is 6.61. The molecule has 1 heterocycles. The molecule has 0 saturated carbocycles. The molecule has 1 aromatic heterocycles. The molecule has 3 rings (SSSR count). The highest BCUT2D eigenvalue weighted by Gasteiger charge is 2.11. The molecule has 3 heteroatoms. The van der Waals surface area contributed by atoms with Crippen molar-refractivity contribution in [3.05, 3.63) is 59.4 Å². The average Bonchev–Trinajstić information content (AvgIpc) is 2.83. The van der Waals surface area contributed by atoms with Gasteiger partial charge in [0.25, 0.3) is 0 Å². The largest absolute Gasteiger partial charge is 0.456 e. The minimum atomic E-state index is -0.253. The maximum absolute atomic E-state index is 13.5. The van der Waals surface area contributed by atoms with E-state index in [1.807, 2.05) is 32.2 Å². The highest BCUT2D eigenvalue weighted by Crippen LogP contribution is 2.31. The fourth-order valence-corrected chi connectivity index (χ4v) is 2.42. The zero-order valence-electron chi connectivity index (χ0n) is 11.5. The van der Waals surface area contributed by atoms with Crippen molar-refractivity contribution in [3.8, 4) is 11.3 Å². The van der Waals surface area contributed by atoms with Crippen LogP contribution in [0.3, 0.4) is 0 Å². The fraction of sp³-hybridized carbons (Fsp3) is 0.176. The molecule has 102 valence electrons. The molecule has 0 amide bonds. The molecular weight excluding hydrogens is 253 g/mol. The molecule has 0 atom stereocenters. The van der Waals surface area contributed by atoms with Gasteiger partial charge in [0.15, 0.2) is 0 Å². The topological polar surface area (TPSA) is 25.2 Å². The van der Waals surface area contributed by atoms with Crippen LogP contribution >= 0.6 is 0 Å². The Balaban J connectivity index is 2.16. The number of nitrogens with one attached hydrogen (secondary N) is 1. The van der Waals surface area contributed by atoms with Crippen molar-refractivity contribution in [3.63, 3.8) is 0 Å². The first-order chi connectivity index (χ1) is 9.67. The monoisotopic (exact) mass is 269 g/mol. The lowest BCUT2D eigenvalue weighted by Crippen LogP contribution is -2.06. The summed E-state index contributed by atoms with van der Waals surface area (Å²) < 4.78 is 19.4. The van der Waals surface area contributed by atoms with Crippen molar-refractivity contribution >= 4 is 11.0 Å². The molecule has 2 aromatic carbocycles. The lowest BCUT2D eigenvalue weighted by molar-refractivity contribution is 0.615. The normalized spacial score (nSPS) is 11.2. The van der Waals surface area contributed by atoms with Gasteiger partial charge < -0.3 is 9.73 Å². The third kappa shape index (κ3) is 2.32. The van der Waals surface area contributed by atoms with Gasteiger partial charge in [-0.2, -0.15) is 0 Å². The van der Waals surface area contributed by atoms with Gasteiger partial charge in [0.05, 0.1) is 0 Å². The van der Waals surface area contributed by atoms with E-state index < -0.39 is 0 Å². The molecule has 0 aliphatic carbocycles. The smallest absolute Gasteiger partial charge is 0.135 e. The Bertz CT molecular complexity index is 761. The molecule has 2 nitrogen and oxygen atoms in total. The third-order valence-corrected chi connectivity index (χ3v) is 3.38. The molecule has 3 aromatic rings. The Hall–Kier alpha value is -2.13. The van der Waals surface area contributed by atoms with Gasteiger partial charge in [0.2, 0.25) is 0 Å². The van der Waals surface area contributed by atoms with Gasteiger partial charge in [0, 0.05) is 17.5 Å². The Morgan fingerprint density at radius 3 is 2.75 bits per heavy atom. The van der Waals surface area contributed by atoms with E-state index in [2.05, 4.69) is 11.4 Å². The molecule has 0 aliphatic heterocycles. The maximum atomic E-state index is 13.5. The van der Waals surface area contributed by atoms with Crippen LogP contribution < -0.4 is 5.32 Å². The average molecular weight is 269 g/mol. The zero-order chi connectivity index (χ0) is 14.1. The molecule has 0 aliphatic rings. The minimum absolute atomic E-state index is 0.253. The lowest BCUT2D eigenvalue weighted by Gasteiger charge is -2.06. The van der Waals surface area contributed by atoms with Gasteiger partial charge in [-0.15, -0.1) is 0 Å². The zero-order valence-corrected chi connectivity index (χ0v) is 11.5. The van der Waals surface area contributed by atoms with Crippen LogP contribution in [0.4, 0.5) is 4.39 Å². The predicted octanol–water partition coefficient (Wildman–Crippen LogP) is 4.27. The Morgan fingerprint density at radius 2 is 1.95 bits per heavy atom. The number of rotatable bonds is 3. The number of hydrogen-bond acceptors (Lipinski definition) is 2. The van der Waals surface area contributed by atoms with Gasteiger partial charge >= 0.3 is 0 Å². The second kappa shape index (κ2) is 5.10. The van der Waals surface area contributed by atoms with E-state index in [1.165, 1.54) is 17.7 Å². The van der Waals surface area contributed by atoms with Crippen LogP contribution in [0.2, 0.25) is 0 Å². The van der Waals surface area contributed by atoms with Crippen molar-refractivity contribution in [2.75, 3.05) is 7.05 Å². The molecule has 0 fully saturated rings. The molecule has 0 bridgehead atoms. The Morgan fingerprint density at radius 1 is 1.10 bits per heavy atom. The van der Waals surface area contributed by atoms with Gasteiger partial charge in [-0.05, 0) is 49.9 Å². The van der Waals surface area contributed by atoms with Crippen LogP contribution in [0.25, 0.3) is 22.3 Å². The van der Waals surface area contributed by atoms with E-state index in [0.717, 1.165) is 22.1 Å². The standard InChI is InChI=1S/C17H16FNO/c1-11-3-6-16-13(7-11)8-17(20-16)15-9-14(18)5-4-12(15)10-19-2/h3-9,19H,10H2,1-2H3. The summed E-state index contributed by atoms with van der Waals surface area (Å²) in [7, 11) is 1.87. The third-order valence-electron chi connectivity index (χ3n) is 3.38. The first-order valence-corrected chi connectivity index (χ1v) is 6.61. The van der Waals surface area contributed by atoms with Gasteiger partial charge in [0.1, 0.15) is 17.2 Å². The fourth-order valence-electron chi connectivity index (χ4n) is 2.42. The summed E-state index contributed by atoms with van der Waals surface area (Å²) in [6.07, 6.45) is 0. The van der Waals surface area contributed by atoms with Crippen LogP contribution in [0.1, 0.15) is 11.1 Å². The Kier molecular flexibility index (Phi) is 3.28. The molecule has 1 N–H and O–H groups in total. The van der Waals surface area contributed by atoms with Crippen LogP contribution in [0, 0.1) is 12.7 Å². The van der Waals surface area contributed by atoms with Crippen LogP contribution in [-0.2, 0) is 6.54 Å². The number of hydrogen-bond donors (Lipinski definition) is 1. The van der Waals surface area contributed by atoms with E-state index >= 15 is 0 Å². The summed E-state index contributed by atoms with van der Waals surface area (Å²) in [6.45, 7) is 2.71. The second-order valence-electron chi connectivity index (χ2n) is 4.98. The van der Waals surface area contributed by atoms with Crippen molar-refractivity contribution < 1.29 is 8.81 Å². The predicted molar refractivity (Wildman–Crippen MR) is 79.1 cm³/mol. The number of halogens is 1. The summed E-state index contributed by atoms with van der Waals surface area (Å²) in [6, 6.07) is 12.8. The quantitative estimate of drug-likeness (QED) is 0.768. The molecule has 0 spiro atoms. The highest BCUT2D eigenvalue weighted by molar-refractivity contribution is 5.84. The number of fused-ring (bicyclic) bond motifs is 1. The van der Waals surface area contributed by atoms with E-state index in [-0.39, 0.29) is 5.82 Å². The van der Waals surface area contributed by atoms with Crippen LogP contribution in [-0.4, -0.2) is 7.05 Å². The van der Waals surface area contributed by atoms with E-state index in [0.29, 0.717) is 12.3 Å². The molecule has 0 radical (unpaired) electrons. The van der Waals surface area contributed by atoms with E-state index in [1.54, 1.807) is 6.07 Å². The van der Waals surface area contributed by atoms with Crippen molar-refractivity contribution in [2.24, 2.45) is 0 Å². The van der Waals surface area contributed by atoms with Crippen molar-refractivity contribution in [2.45, 2.75) is 13.5 Å². The van der Waals surface area contributed by atoms with Crippen molar-refractivity contribution in [1.29, 1.82) is 0 Å². The molecule has 0 unspecified atom stereocenters. The van der Waals surface area contributed by atoms with Gasteiger partial charge in [-0.1, -0.05) is 17.7 Å². The summed E-state index contributed by atoms with van der Waals surface area (Å²) in [5, 5.41) is 4.13. The minimum Gasteiger partial charge on any atom is -0.456 e. The first kappa shape index (κ1) is 12.9. The Labute approximate surface area is 117 Å². The summed E-state index contributed by atoms with van der Waals surface area (Å²) in [5.41, 5.74) is 3.82. The molecule has 20 heavy (non-hydrogen) atoms. The number of benzene rings is 2. The lowest BCUT2D eigenvalue weighted by atomic mass is 10.0.